The Morgan fingerprint density at radius 1 is 0.780 bits per heavy atom. The van der Waals surface area contributed by atoms with Gasteiger partial charge in [-0.15, -0.1) is 30.7 Å². The van der Waals surface area contributed by atoms with Crippen molar-refractivity contribution >= 4 is 60.6 Å². The van der Waals surface area contributed by atoms with E-state index in [2.05, 4.69) is 72.1 Å². The topological polar surface area (TPSA) is 90.5 Å². The average molecular weight is 579 g/mol. The van der Waals surface area contributed by atoms with Crippen LogP contribution in [-0.4, -0.2) is 23.3 Å². The van der Waals surface area contributed by atoms with Crippen molar-refractivity contribution in [2.24, 2.45) is 20.5 Å². The second-order valence-corrected chi connectivity index (χ2v) is 12.1. The van der Waals surface area contributed by atoms with Crippen LogP contribution in [0.2, 0.25) is 0 Å². The first-order valence-electron chi connectivity index (χ1n) is 13.6. The number of anilines is 3. The summed E-state index contributed by atoms with van der Waals surface area (Å²) >= 11 is 3.15. The molecule has 1 aliphatic heterocycles. The summed E-state index contributed by atoms with van der Waals surface area (Å²) in [4.78, 5) is 2.42. The van der Waals surface area contributed by atoms with Gasteiger partial charge in [-0.05, 0) is 91.9 Å². The van der Waals surface area contributed by atoms with E-state index < -0.39 is 0 Å². The van der Waals surface area contributed by atoms with Gasteiger partial charge in [0.1, 0.15) is 10.0 Å². The van der Waals surface area contributed by atoms with Crippen molar-refractivity contribution in [1.29, 1.82) is 0 Å². The number of aromatic nitrogens is 2. The van der Waals surface area contributed by atoms with Crippen LogP contribution < -0.4 is 10.2 Å². The molecule has 1 saturated heterocycles. The fourth-order valence-electron chi connectivity index (χ4n) is 4.66. The molecule has 0 spiro atoms. The van der Waals surface area contributed by atoms with E-state index in [4.69, 9.17) is 0 Å². The first-order chi connectivity index (χ1) is 20.1. The van der Waals surface area contributed by atoms with E-state index in [1.165, 1.54) is 34.7 Å². The molecule has 10 heteroatoms. The Morgan fingerprint density at radius 2 is 1.63 bits per heavy atom. The number of thiophene rings is 1. The molecule has 6 rings (SSSR count). The maximum Gasteiger partial charge on any atom is 0.251 e. The molecule has 3 heterocycles. The summed E-state index contributed by atoms with van der Waals surface area (Å²) in [7, 11) is 0. The van der Waals surface area contributed by atoms with Gasteiger partial charge >= 0.3 is 0 Å². The first kappa shape index (κ1) is 26.9. The molecule has 0 bridgehead atoms. The summed E-state index contributed by atoms with van der Waals surface area (Å²) in [6, 6.07) is 26.5. The van der Waals surface area contributed by atoms with Crippen LogP contribution in [-0.2, 0) is 6.42 Å². The molecule has 5 aromatic rings. The highest BCUT2D eigenvalue weighted by molar-refractivity contribution is 7.19. The predicted molar refractivity (Wildman–Crippen MR) is 169 cm³/mol. The van der Waals surface area contributed by atoms with Crippen molar-refractivity contribution in [2.75, 3.05) is 23.3 Å². The SMILES string of the molecule is Cc1cc(Nc2ccc(N=Nc3ccc(N4CCCC4)s3)cc2C)ccc1N=Nc1nnc(Cc2ccccc2)s1. The van der Waals surface area contributed by atoms with Gasteiger partial charge in [0.2, 0.25) is 0 Å². The molecule has 0 unspecified atom stereocenters. The van der Waals surface area contributed by atoms with Gasteiger partial charge in [0.15, 0.2) is 0 Å². The van der Waals surface area contributed by atoms with E-state index in [9.17, 15) is 0 Å². The summed E-state index contributed by atoms with van der Waals surface area (Å²) in [5, 5.41) is 33.3. The largest absolute Gasteiger partial charge is 0.363 e. The third-order valence-corrected chi connectivity index (χ3v) is 8.68. The number of azo groups is 2. The average Bonchev–Trinajstić information content (AvgIpc) is 3.76. The molecule has 0 aliphatic carbocycles. The van der Waals surface area contributed by atoms with Crippen LogP contribution in [0.3, 0.4) is 0 Å². The fraction of sp³-hybridized carbons (Fsp3) is 0.226. The lowest BCUT2D eigenvalue weighted by Crippen LogP contribution is -2.15. The van der Waals surface area contributed by atoms with Gasteiger partial charge in [0, 0.05) is 30.9 Å². The zero-order valence-corrected chi connectivity index (χ0v) is 24.6. The number of nitrogens with zero attached hydrogens (tertiary/aromatic N) is 7. The van der Waals surface area contributed by atoms with Crippen LogP contribution in [0, 0.1) is 13.8 Å². The first-order valence-corrected chi connectivity index (χ1v) is 15.3. The number of hydrogen-bond acceptors (Lipinski definition) is 10. The zero-order chi connectivity index (χ0) is 28.0. The standard InChI is InChI=1S/C31H30N8S2/c1-21-19-25(33-35-28-14-15-30(40-28)39-16-6-7-17-39)11-12-26(21)32-24-10-13-27(22(2)18-24)34-37-31-38-36-29(41-31)20-23-8-4-3-5-9-23/h3-5,8-15,18-19,32H,6-7,16-17,20H2,1-2H3. The minimum atomic E-state index is 0.552. The third-order valence-electron chi connectivity index (χ3n) is 6.84. The number of benzene rings is 3. The Kier molecular flexibility index (Phi) is 8.20. The summed E-state index contributed by atoms with van der Waals surface area (Å²) in [5.41, 5.74) is 6.93. The van der Waals surface area contributed by atoms with Crippen molar-refractivity contribution in [3.05, 3.63) is 101 Å². The number of aryl methyl sites for hydroxylation is 2. The van der Waals surface area contributed by atoms with Crippen molar-refractivity contribution in [3.63, 3.8) is 0 Å². The van der Waals surface area contributed by atoms with Crippen molar-refractivity contribution < 1.29 is 0 Å². The molecular formula is C31H30N8S2. The lowest BCUT2D eigenvalue weighted by molar-refractivity contribution is 0.949. The minimum absolute atomic E-state index is 0.552. The van der Waals surface area contributed by atoms with Gasteiger partial charge in [-0.25, -0.2) is 0 Å². The van der Waals surface area contributed by atoms with E-state index in [0.717, 1.165) is 63.4 Å². The Balaban J connectivity index is 1.07. The van der Waals surface area contributed by atoms with Crippen LogP contribution in [0.1, 0.15) is 34.5 Å². The summed E-state index contributed by atoms with van der Waals surface area (Å²) in [6.07, 6.45) is 3.28. The summed E-state index contributed by atoms with van der Waals surface area (Å²) in [6.45, 7) is 6.37. The smallest absolute Gasteiger partial charge is 0.251 e. The molecule has 0 radical (unpaired) electrons. The highest BCUT2D eigenvalue weighted by Gasteiger charge is 2.14. The minimum Gasteiger partial charge on any atom is -0.363 e. The van der Waals surface area contributed by atoms with Gasteiger partial charge in [-0.2, -0.15) is 0 Å². The second-order valence-electron chi connectivity index (χ2n) is 9.97. The molecule has 0 amide bonds. The highest BCUT2D eigenvalue weighted by atomic mass is 32.1. The maximum atomic E-state index is 4.48. The van der Waals surface area contributed by atoms with E-state index in [1.807, 2.05) is 61.5 Å². The van der Waals surface area contributed by atoms with Crippen molar-refractivity contribution in [3.8, 4) is 0 Å². The maximum absolute atomic E-state index is 4.48. The van der Waals surface area contributed by atoms with Crippen LogP contribution >= 0.6 is 22.7 Å². The molecule has 1 N–H and O–H groups in total. The van der Waals surface area contributed by atoms with E-state index in [-0.39, 0.29) is 0 Å². The van der Waals surface area contributed by atoms with Crippen LogP contribution in [0.15, 0.2) is 99.3 Å². The van der Waals surface area contributed by atoms with Crippen LogP contribution in [0.5, 0.6) is 0 Å². The van der Waals surface area contributed by atoms with E-state index in [0.29, 0.717) is 5.13 Å². The molecule has 0 atom stereocenters. The molecule has 1 fully saturated rings. The Hall–Kier alpha value is -4.28. The zero-order valence-electron chi connectivity index (χ0n) is 23.0. The van der Waals surface area contributed by atoms with Crippen LogP contribution in [0.4, 0.5) is 37.9 Å². The highest BCUT2D eigenvalue weighted by Crippen LogP contribution is 2.35. The van der Waals surface area contributed by atoms with Crippen molar-refractivity contribution in [1.82, 2.24) is 10.2 Å². The lowest BCUT2D eigenvalue weighted by atomic mass is 10.1. The van der Waals surface area contributed by atoms with E-state index >= 15 is 0 Å². The normalized spacial score (nSPS) is 13.6. The van der Waals surface area contributed by atoms with Gasteiger partial charge < -0.3 is 10.2 Å². The molecule has 8 nitrogen and oxygen atoms in total. The van der Waals surface area contributed by atoms with Gasteiger partial charge in [0.05, 0.1) is 16.4 Å². The Bertz CT molecular complexity index is 1680. The Labute approximate surface area is 247 Å². The number of rotatable bonds is 9. The lowest BCUT2D eigenvalue weighted by Gasteiger charge is -2.13. The molecular weight excluding hydrogens is 549 g/mol. The van der Waals surface area contributed by atoms with Gasteiger partial charge in [-0.1, -0.05) is 53.0 Å². The summed E-state index contributed by atoms with van der Waals surface area (Å²) < 4.78 is 0. The summed E-state index contributed by atoms with van der Waals surface area (Å²) in [5.74, 6) is 0. The fourth-order valence-corrected chi connectivity index (χ4v) is 6.24. The molecule has 3 aromatic carbocycles. The van der Waals surface area contributed by atoms with Crippen molar-refractivity contribution in [2.45, 2.75) is 33.1 Å². The monoisotopic (exact) mass is 578 g/mol. The molecule has 2 aromatic heterocycles. The Morgan fingerprint density at radius 3 is 2.44 bits per heavy atom. The van der Waals surface area contributed by atoms with Gasteiger partial charge in [-0.3, -0.25) is 0 Å². The molecule has 41 heavy (non-hydrogen) atoms. The third kappa shape index (κ3) is 6.90. The number of hydrogen-bond donors (Lipinski definition) is 1. The second kappa shape index (κ2) is 12.5. The van der Waals surface area contributed by atoms with E-state index in [1.54, 1.807) is 11.3 Å². The molecule has 1 aliphatic rings. The van der Waals surface area contributed by atoms with Gasteiger partial charge in [0.25, 0.3) is 5.13 Å². The molecule has 0 saturated carbocycles. The number of nitrogens with one attached hydrogen (secondary N) is 1. The predicted octanol–water partition coefficient (Wildman–Crippen LogP) is 9.98. The van der Waals surface area contributed by atoms with Crippen LogP contribution in [0.25, 0.3) is 0 Å². The molecule has 206 valence electrons. The quantitative estimate of drug-likeness (QED) is 0.176.